The van der Waals surface area contributed by atoms with Crippen LogP contribution < -0.4 is 5.56 Å². The van der Waals surface area contributed by atoms with Crippen LogP contribution in [0.15, 0.2) is 23.1 Å². The van der Waals surface area contributed by atoms with Gasteiger partial charge in [-0.25, -0.2) is 9.67 Å². The number of halogens is 3. The van der Waals surface area contributed by atoms with Gasteiger partial charge in [-0.3, -0.25) is 4.79 Å². The van der Waals surface area contributed by atoms with Crippen molar-refractivity contribution >= 4 is 0 Å². The topological polar surface area (TPSA) is 63.6 Å². The molecule has 0 atom stereocenters. The Bertz CT molecular complexity index is 693. The van der Waals surface area contributed by atoms with Crippen molar-refractivity contribution in [2.45, 2.75) is 44.3 Å². The Morgan fingerprint density at radius 2 is 2.00 bits per heavy atom. The van der Waals surface area contributed by atoms with E-state index in [1.54, 1.807) is 0 Å². The third-order valence-electron chi connectivity index (χ3n) is 3.78. The molecular weight excluding hydrogens is 297 g/mol. The van der Waals surface area contributed by atoms with E-state index in [9.17, 15) is 18.0 Å². The van der Waals surface area contributed by atoms with Crippen LogP contribution in [0.2, 0.25) is 0 Å². The van der Waals surface area contributed by atoms with Gasteiger partial charge in [0.2, 0.25) is 5.56 Å². The van der Waals surface area contributed by atoms with Crippen molar-refractivity contribution < 1.29 is 13.2 Å². The average Bonchev–Trinajstić information content (AvgIpc) is 3.07. The van der Waals surface area contributed by atoms with E-state index < -0.39 is 12.7 Å². The van der Waals surface area contributed by atoms with Crippen LogP contribution in [0.3, 0.4) is 0 Å². The molecule has 0 saturated heterocycles. The summed E-state index contributed by atoms with van der Waals surface area (Å²) in [6, 6.07) is 2.71. The number of alkyl halides is 3. The first-order valence-electron chi connectivity index (χ1n) is 7.13. The molecule has 1 fully saturated rings. The van der Waals surface area contributed by atoms with Crippen molar-refractivity contribution in [1.29, 1.82) is 0 Å². The van der Waals surface area contributed by atoms with Crippen LogP contribution in [0.1, 0.15) is 37.4 Å². The smallest absolute Gasteiger partial charge is 0.328 e. The Morgan fingerprint density at radius 3 is 2.59 bits per heavy atom. The van der Waals surface area contributed by atoms with Gasteiger partial charge >= 0.3 is 6.18 Å². The van der Waals surface area contributed by atoms with Crippen molar-refractivity contribution in [2.75, 3.05) is 0 Å². The van der Waals surface area contributed by atoms with Gasteiger partial charge in [-0.15, -0.1) is 0 Å². The third-order valence-corrected chi connectivity index (χ3v) is 3.78. The van der Waals surface area contributed by atoms with E-state index in [0.717, 1.165) is 30.4 Å². The second-order valence-corrected chi connectivity index (χ2v) is 5.49. The third kappa shape index (κ3) is 3.20. The fourth-order valence-electron chi connectivity index (χ4n) is 2.76. The maximum atomic E-state index is 12.7. The fraction of sp³-hybridized carbons (Fsp3) is 0.500. The zero-order chi connectivity index (χ0) is 15.7. The van der Waals surface area contributed by atoms with E-state index in [-0.39, 0.29) is 17.3 Å². The molecule has 3 rings (SSSR count). The van der Waals surface area contributed by atoms with Gasteiger partial charge in [0.25, 0.3) is 0 Å². The van der Waals surface area contributed by atoms with Gasteiger partial charge < -0.3 is 4.98 Å². The Labute approximate surface area is 124 Å². The van der Waals surface area contributed by atoms with Crippen molar-refractivity contribution in [3.05, 3.63) is 34.5 Å². The Kier molecular flexibility index (Phi) is 3.76. The second kappa shape index (κ2) is 5.58. The summed E-state index contributed by atoms with van der Waals surface area (Å²) in [6.45, 7) is -1.19. The number of nitrogens with zero attached hydrogens (tertiary/aromatic N) is 3. The monoisotopic (exact) mass is 312 g/mol. The summed E-state index contributed by atoms with van der Waals surface area (Å²) in [6.07, 6.45) is 0.885. The van der Waals surface area contributed by atoms with E-state index in [0.29, 0.717) is 11.4 Å². The van der Waals surface area contributed by atoms with E-state index in [4.69, 9.17) is 0 Å². The highest BCUT2D eigenvalue weighted by Crippen LogP contribution is 2.33. The van der Waals surface area contributed by atoms with E-state index >= 15 is 0 Å². The van der Waals surface area contributed by atoms with E-state index in [2.05, 4.69) is 15.1 Å². The number of rotatable bonds is 3. The van der Waals surface area contributed by atoms with Crippen LogP contribution in [0, 0.1) is 0 Å². The predicted molar refractivity (Wildman–Crippen MR) is 73.3 cm³/mol. The molecule has 0 unspecified atom stereocenters. The summed E-state index contributed by atoms with van der Waals surface area (Å²) in [5.41, 5.74) is 0.0993. The summed E-state index contributed by atoms with van der Waals surface area (Å²) in [7, 11) is 0. The maximum absolute atomic E-state index is 12.7. The highest BCUT2D eigenvalue weighted by Gasteiger charge is 2.32. The molecule has 0 aromatic carbocycles. The first kappa shape index (κ1) is 14.8. The number of aromatic nitrogens is 4. The normalized spacial score (nSPS) is 16.3. The lowest BCUT2D eigenvalue weighted by Crippen LogP contribution is -2.20. The van der Waals surface area contributed by atoms with Crippen LogP contribution >= 0.6 is 0 Å². The molecule has 0 radical (unpaired) electrons. The number of hydrogen-bond acceptors (Lipinski definition) is 3. The van der Waals surface area contributed by atoms with E-state index in [1.807, 2.05) is 0 Å². The van der Waals surface area contributed by atoms with Crippen LogP contribution in [-0.4, -0.2) is 25.9 Å². The number of nitrogens with one attached hydrogen (secondary N) is 1. The minimum Gasteiger partial charge on any atom is -0.328 e. The van der Waals surface area contributed by atoms with Gasteiger partial charge in [-0.05, 0) is 18.9 Å². The summed E-state index contributed by atoms with van der Waals surface area (Å²) in [5, 5.41) is 4.07. The fourth-order valence-corrected chi connectivity index (χ4v) is 2.76. The summed E-state index contributed by atoms with van der Waals surface area (Å²) in [5.74, 6) is 0.717. The molecule has 0 amide bonds. The van der Waals surface area contributed by atoms with Crippen LogP contribution in [0.4, 0.5) is 13.2 Å². The molecule has 5 nitrogen and oxygen atoms in total. The van der Waals surface area contributed by atoms with Crippen molar-refractivity contribution in [2.24, 2.45) is 0 Å². The molecule has 2 aromatic heterocycles. The van der Waals surface area contributed by atoms with Crippen molar-refractivity contribution in [3.8, 4) is 11.4 Å². The van der Waals surface area contributed by atoms with Gasteiger partial charge in [0, 0.05) is 23.7 Å². The second-order valence-electron chi connectivity index (χ2n) is 5.49. The Hall–Kier alpha value is -2.12. The van der Waals surface area contributed by atoms with Crippen LogP contribution in [-0.2, 0) is 6.54 Å². The standard InChI is InChI=1S/C14H15F3N4O/c15-14(16,17)8-21-13(10-5-6-11(22)18-7-10)19-12(20-21)9-3-1-2-4-9/h5-7,9H,1-4,8H2,(H,18,22). The first-order valence-corrected chi connectivity index (χ1v) is 7.13. The molecule has 0 aliphatic heterocycles. The van der Waals surface area contributed by atoms with Gasteiger partial charge in [0.1, 0.15) is 6.54 Å². The number of aromatic amines is 1. The quantitative estimate of drug-likeness (QED) is 0.948. The van der Waals surface area contributed by atoms with Gasteiger partial charge in [-0.1, -0.05) is 12.8 Å². The zero-order valence-corrected chi connectivity index (χ0v) is 11.7. The zero-order valence-electron chi connectivity index (χ0n) is 11.7. The first-order chi connectivity index (χ1) is 10.4. The molecule has 1 aliphatic rings. The van der Waals surface area contributed by atoms with E-state index in [1.165, 1.54) is 18.3 Å². The molecule has 2 heterocycles. The molecular formula is C14H15F3N4O. The lowest BCUT2D eigenvalue weighted by Gasteiger charge is -2.08. The van der Waals surface area contributed by atoms with Gasteiger partial charge in [0.15, 0.2) is 11.6 Å². The average molecular weight is 312 g/mol. The molecule has 22 heavy (non-hydrogen) atoms. The number of pyridine rings is 1. The van der Waals surface area contributed by atoms with Gasteiger partial charge in [0.05, 0.1) is 0 Å². The number of H-pyrrole nitrogens is 1. The van der Waals surface area contributed by atoms with Crippen LogP contribution in [0.25, 0.3) is 11.4 Å². The molecule has 118 valence electrons. The molecule has 0 spiro atoms. The molecule has 1 N–H and O–H groups in total. The minimum absolute atomic E-state index is 0.121. The Morgan fingerprint density at radius 1 is 1.27 bits per heavy atom. The molecule has 8 heteroatoms. The molecule has 1 aliphatic carbocycles. The highest BCUT2D eigenvalue weighted by molar-refractivity contribution is 5.53. The molecule has 1 saturated carbocycles. The van der Waals surface area contributed by atoms with Crippen LogP contribution in [0.5, 0.6) is 0 Å². The highest BCUT2D eigenvalue weighted by atomic mass is 19.4. The summed E-state index contributed by atoms with van der Waals surface area (Å²) in [4.78, 5) is 17.9. The lowest BCUT2D eigenvalue weighted by molar-refractivity contribution is -0.142. The van der Waals surface area contributed by atoms with Crippen molar-refractivity contribution in [3.63, 3.8) is 0 Å². The molecule has 2 aromatic rings. The summed E-state index contributed by atoms with van der Waals surface area (Å²) < 4.78 is 39.1. The predicted octanol–water partition coefficient (Wildman–Crippen LogP) is 2.85. The molecule has 0 bridgehead atoms. The summed E-state index contributed by atoms with van der Waals surface area (Å²) >= 11 is 0. The Balaban J connectivity index is 2.01. The number of hydrogen-bond donors (Lipinski definition) is 1. The SMILES string of the molecule is O=c1ccc(-c2nc(C3CCCC3)nn2CC(F)(F)F)c[nH]1. The minimum atomic E-state index is -4.38. The lowest BCUT2D eigenvalue weighted by atomic mass is 10.1. The maximum Gasteiger partial charge on any atom is 0.408 e. The largest absolute Gasteiger partial charge is 0.408 e. The van der Waals surface area contributed by atoms with Gasteiger partial charge in [-0.2, -0.15) is 18.3 Å². The van der Waals surface area contributed by atoms with Crippen molar-refractivity contribution in [1.82, 2.24) is 19.7 Å².